The van der Waals surface area contributed by atoms with Gasteiger partial charge in [-0.05, 0) is 60.0 Å². The minimum Gasteiger partial charge on any atom is -0.439 e. The predicted octanol–water partition coefficient (Wildman–Crippen LogP) is 5.18. The first kappa shape index (κ1) is 24.9. The predicted molar refractivity (Wildman–Crippen MR) is 137 cm³/mol. The molecule has 2 heterocycles. The normalized spacial score (nSPS) is 14.2. The molecule has 1 saturated heterocycles. The molecule has 1 fully saturated rings. The van der Waals surface area contributed by atoms with Crippen LogP contribution in [0.3, 0.4) is 0 Å². The van der Waals surface area contributed by atoms with E-state index < -0.39 is 22.0 Å². The summed E-state index contributed by atoms with van der Waals surface area (Å²) in [6, 6.07) is 16.6. The van der Waals surface area contributed by atoms with E-state index in [2.05, 4.69) is 10.3 Å². The largest absolute Gasteiger partial charge is 0.439 e. The molecule has 0 bridgehead atoms. The molecule has 0 spiro atoms. The van der Waals surface area contributed by atoms with Crippen LogP contribution >= 0.6 is 23.5 Å². The van der Waals surface area contributed by atoms with E-state index in [1.807, 2.05) is 18.4 Å². The number of hydrogen-bond donors (Lipinski definition) is 1. The number of pyridine rings is 1. The van der Waals surface area contributed by atoms with Crippen molar-refractivity contribution in [2.45, 2.75) is 4.90 Å². The van der Waals surface area contributed by atoms with Gasteiger partial charge in [0.1, 0.15) is 18.5 Å². The van der Waals surface area contributed by atoms with Gasteiger partial charge < -0.3 is 10.1 Å². The minimum atomic E-state index is -0.551. The monoisotopic (exact) mass is 522 g/mol. The molecule has 2 aromatic carbocycles. The molecule has 1 N–H and O–H groups in total. The SMILES string of the molecule is CSc1cccc(NC(=O)CN2C(=O)S/C(=C\c3ccc(Oc4ccc([N+](=O)[O-])cn4)cc3)C2=O)c1. The van der Waals surface area contributed by atoms with Gasteiger partial charge in [0, 0.05) is 22.7 Å². The van der Waals surface area contributed by atoms with Crippen LogP contribution in [0, 0.1) is 10.1 Å². The molecule has 1 aromatic heterocycles. The molecule has 4 rings (SSSR count). The lowest BCUT2D eigenvalue weighted by Gasteiger charge is -2.12. The van der Waals surface area contributed by atoms with E-state index in [0.29, 0.717) is 17.0 Å². The zero-order chi connectivity index (χ0) is 25.7. The highest BCUT2D eigenvalue weighted by Crippen LogP contribution is 2.32. The summed E-state index contributed by atoms with van der Waals surface area (Å²) < 4.78 is 5.57. The summed E-state index contributed by atoms with van der Waals surface area (Å²) in [7, 11) is 0. The maximum absolute atomic E-state index is 12.7. The zero-order valence-electron chi connectivity index (χ0n) is 18.7. The minimum absolute atomic E-state index is 0.145. The first-order valence-corrected chi connectivity index (χ1v) is 12.4. The molecule has 36 heavy (non-hydrogen) atoms. The van der Waals surface area contributed by atoms with E-state index in [0.717, 1.165) is 27.8 Å². The van der Waals surface area contributed by atoms with Crippen LogP contribution in [0.25, 0.3) is 6.08 Å². The van der Waals surface area contributed by atoms with Crippen molar-refractivity contribution in [2.75, 3.05) is 18.1 Å². The summed E-state index contributed by atoms with van der Waals surface area (Å²) in [5, 5.41) is 12.9. The van der Waals surface area contributed by atoms with Crippen LogP contribution in [0.1, 0.15) is 5.56 Å². The highest BCUT2D eigenvalue weighted by atomic mass is 32.2. The number of nitro groups is 1. The molecule has 10 nitrogen and oxygen atoms in total. The number of carbonyl (C=O) groups is 3. The average Bonchev–Trinajstić information content (AvgIpc) is 3.12. The first-order valence-electron chi connectivity index (χ1n) is 10.4. The number of nitrogens with one attached hydrogen (secondary N) is 1. The summed E-state index contributed by atoms with van der Waals surface area (Å²) in [6.07, 6.45) is 4.57. The maximum Gasteiger partial charge on any atom is 0.294 e. The lowest BCUT2D eigenvalue weighted by molar-refractivity contribution is -0.385. The number of ether oxygens (including phenoxy) is 1. The topological polar surface area (TPSA) is 132 Å². The van der Waals surface area contributed by atoms with Crippen molar-refractivity contribution in [3.63, 3.8) is 0 Å². The fourth-order valence-corrected chi connectivity index (χ4v) is 4.42. The van der Waals surface area contributed by atoms with Gasteiger partial charge in [0.25, 0.3) is 16.8 Å². The Morgan fingerprint density at radius 3 is 2.64 bits per heavy atom. The van der Waals surface area contributed by atoms with Gasteiger partial charge in [0.05, 0.1) is 9.83 Å². The molecular formula is C24H18N4O6S2. The molecule has 0 saturated carbocycles. The van der Waals surface area contributed by atoms with Crippen molar-refractivity contribution >= 4 is 58.0 Å². The van der Waals surface area contributed by atoms with Crippen LogP contribution in [0.5, 0.6) is 11.6 Å². The Labute approximate surface area is 213 Å². The Balaban J connectivity index is 1.38. The number of aromatic nitrogens is 1. The highest BCUT2D eigenvalue weighted by molar-refractivity contribution is 8.18. The maximum atomic E-state index is 12.7. The lowest BCUT2D eigenvalue weighted by atomic mass is 10.2. The fraction of sp³-hybridized carbons (Fsp3) is 0.0833. The number of imide groups is 1. The molecule has 3 amide bonds. The summed E-state index contributed by atoms with van der Waals surface area (Å²) in [4.78, 5) is 53.7. The number of thioether (sulfide) groups is 2. The molecule has 0 unspecified atom stereocenters. The number of amides is 3. The second-order valence-corrected chi connectivity index (χ2v) is 9.20. The second kappa shape index (κ2) is 11.1. The van der Waals surface area contributed by atoms with Crippen molar-refractivity contribution < 1.29 is 24.0 Å². The number of rotatable bonds is 8. The van der Waals surface area contributed by atoms with Crippen LogP contribution in [0.4, 0.5) is 16.2 Å². The van der Waals surface area contributed by atoms with Gasteiger partial charge >= 0.3 is 0 Å². The van der Waals surface area contributed by atoms with Crippen LogP contribution in [0.2, 0.25) is 0 Å². The summed E-state index contributed by atoms with van der Waals surface area (Å²) >= 11 is 2.29. The number of anilines is 1. The Bertz CT molecular complexity index is 1360. The van der Waals surface area contributed by atoms with Gasteiger partial charge in [-0.1, -0.05) is 18.2 Å². The molecule has 0 radical (unpaired) electrons. The smallest absolute Gasteiger partial charge is 0.294 e. The van der Waals surface area contributed by atoms with Crippen molar-refractivity contribution in [3.8, 4) is 11.6 Å². The quantitative estimate of drug-likeness (QED) is 0.184. The third-order valence-corrected chi connectivity index (χ3v) is 6.49. The van der Waals surface area contributed by atoms with E-state index in [1.54, 1.807) is 42.5 Å². The molecule has 1 aliphatic heterocycles. The summed E-state index contributed by atoms with van der Waals surface area (Å²) in [6.45, 7) is -0.388. The molecule has 182 valence electrons. The third kappa shape index (κ3) is 6.09. The molecule has 1 aliphatic rings. The molecule has 0 aliphatic carbocycles. The van der Waals surface area contributed by atoms with Crippen LogP contribution in [-0.4, -0.2) is 44.7 Å². The van der Waals surface area contributed by atoms with Crippen LogP contribution in [0.15, 0.2) is 76.7 Å². The van der Waals surface area contributed by atoms with E-state index in [4.69, 9.17) is 4.74 Å². The molecular weight excluding hydrogens is 504 g/mol. The Morgan fingerprint density at radius 2 is 1.97 bits per heavy atom. The summed E-state index contributed by atoms with van der Waals surface area (Å²) in [5.74, 6) is -0.400. The van der Waals surface area contributed by atoms with Crippen molar-refractivity contribution in [3.05, 3.63) is 87.4 Å². The van der Waals surface area contributed by atoms with E-state index in [-0.39, 0.29) is 23.0 Å². The molecule has 12 heteroatoms. The van der Waals surface area contributed by atoms with Crippen LogP contribution < -0.4 is 10.1 Å². The zero-order valence-corrected chi connectivity index (χ0v) is 20.4. The number of nitrogens with zero attached hydrogens (tertiary/aromatic N) is 3. The summed E-state index contributed by atoms with van der Waals surface area (Å²) in [5.41, 5.74) is 1.08. The van der Waals surface area contributed by atoms with Crippen molar-refractivity contribution in [1.82, 2.24) is 9.88 Å². The highest BCUT2D eigenvalue weighted by Gasteiger charge is 2.36. The standard InChI is InChI=1S/C24H18N4O6S2/c1-35-19-4-2-3-16(12-19)26-21(29)14-27-23(30)20(36-24(27)31)11-15-5-8-18(9-6-15)34-22-10-7-17(13-25-22)28(32)33/h2-13H,14H2,1H3,(H,26,29)/b20-11-. The first-order chi connectivity index (χ1) is 17.3. The van der Waals surface area contributed by atoms with E-state index in [1.165, 1.54) is 23.9 Å². The van der Waals surface area contributed by atoms with Gasteiger partial charge in [-0.25, -0.2) is 4.98 Å². The van der Waals surface area contributed by atoms with Gasteiger partial charge in [-0.15, -0.1) is 11.8 Å². The van der Waals surface area contributed by atoms with Gasteiger partial charge in [0.15, 0.2) is 0 Å². The van der Waals surface area contributed by atoms with Gasteiger partial charge in [-0.3, -0.25) is 29.4 Å². The number of benzene rings is 2. The fourth-order valence-electron chi connectivity index (χ4n) is 3.13. The Kier molecular flexibility index (Phi) is 7.66. The van der Waals surface area contributed by atoms with E-state index >= 15 is 0 Å². The second-order valence-electron chi connectivity index (χ2n) is 7.33. The molecule has 0 atom stereocenters. The Morgan fingerprint density at radius 1 is 1.19 bits per heavy atom. The van der Waals surface area contributed by atoms with Crippen molar-refractivity contribution in [2.24, 2.45) is 0 Å². The van der Waals surface area contributed by atoms with Gasteiger partial charge in [-0.2, -0.15) is 0 Å². The number of carbonyl (C=O) groups excluding carboxylic acids is 3. The lowest BCUT2D eigenvalue weighted by Crippen LogP contribution is -2.36. The van der Waals surface area contributed by atoms with E-state index in [9.17, 15) is 24.5 Å². The number of hydrogen-bond acceptors (Lipinski definition) is 9. The van der Waals surface area contributed by atoms with Crippen LogP contribution in [-0.2, 0) is 9.59 Å². The third-order valence-electron chi connectivity index (χ3n) is 4.86. The Hall–Kier alpha value is -4.16. The molecule has 3 aromatic rings. The van der Waals surface area contributed by atoms with Gasteiger partial charge in [0.2, 0.25) is 11.8 Å². The average molecular weight is 523 g/mol. The van der Waals surface area contributed by atoms with Crippen molar-refractivity contribution in [1.29, 1.82) is 0 Å².